The highest BCUT2D eigenvalue weighted by Crippen LogP contribution is 2.24. The second kappa shape index (κ2) is 7.15. The summed E-state index contributed by atoms with van der Waals surface area (Å²) >= 11 is 1.68. The van der Waals surface area contributed by atoms with Crippen LogP contribution in [0.5, 0.6) is 0 Å². The molecule has 1 saturated heterocycles. The van der Waals surface area contributed by atoms with Crippen molar-refractivity contribution >= 4 is 17.3 Å². The molecule has 6 heteroatoms. The monoisotopic (exact) mass is 297 g/mol. The van der Waals surface area contributed by atoms with Crippen LogP contribution < -0.4 is 5.73 Å². The number of aliphatic carboxylic acids is 1. The van der Waals surface area contributed by atoms with Crippen molar-refractivity contribution in [2.45, 2.75) is 32.1 Å². The highest BCUT2D eigenvalue weighted by Gasteiger charge is 2.26. The first-order chi connectivity index (χ1) is 9.60. The van der Waals surface area contributed by atoms with E-state index in [0.29, 0.717) is 19.0 Å². The summed E-state index contributed by atoms with van der Waals surface area (Å²) in [6.45, 7) is 5.34. The van der Waals surface area contributed by atoms with Crippen LogP contribution in [0.1, 0.15) is 36.4 Å². The van der Waals surface area contributed by atoms with E-state index in [4.69, 9.17) is 10.8 Å². The number of aromatic nitrogens is 1. The summed E-state index contributed by atoms with van der Waals surface area (Å²) in [6.07, 6.45) is 2.60. The first-order valence-corrected chi connectivity index (χ1v) is 8.07. The third-order valence-corrected chi connectivity index (χ3v) is 4.90. The third-order valence-electron chi connectivity index (χ3n) is 3.78. The maximum absolute atomic E-state index is 11.1. The Morgan fingerprint density at radius 1 is 1.70 bits per heavy atom. The standard InChI is InChI=1S/C14H23N3O2S/c1-10(13-16-12(4-5-15)9-20-13)7-17-6-2-3-11(8-17)14(18)19/h9-11H,2-8,15H2,1H3,(H,18,19). The Hall–Kier alpha value is -0.980. The minimum Gasteiger partial charge on any atom is -0.481 e. The molecule has 0 saturated carbocycles. The first kappa shape index (κ1) is 15.4. The summed E-state index contributed by atoms with van der Waals surface area (Å²) < 4.78 is 0. The molecule has 2 heterocycles. The van der Waals surface area contributed by atoms with Gasteiger partial charge in [-0.05, 0) is 25.9 Å². The van der Waals surface area contributed by atoms with Crippen LogP contribution in [0.25, 0.3) is 0 Å². The molecule has 1 aliphatic heterocycles. The number of piperidine rings is 1. The lowest BCUT2D eigenvalue weighted by atomic mass is 9.97. The van der Waals surface area contributed by atoms with Crippen molar-refractivity contribution in [3.8, 4) is 0 Å². The maximum atomic E-state index is 11.1. The van der Waals surface area contributed by atoms with Crippen molar-refractivity contribution < 1.29 is 9.90 Å². The Bertz CT molecular complexity index is 449. The molecule has 0 aromatic carbocycles. The number of carboxylic acid groups (broad SMARTS) is 1. The molecular weight excluding hydrogens is 274 g/mol. The second-order valence-electron chi connectivity index (χ2n) is 5.55. The van der Waals surface area contributed by atoms with Gasteiger partial charge in [0.15, 0.2) is 0 Å². The summed E-state index contributed by atoms with van der Waals surface area (Å²) in [6, 6.07) is 0. The van der Waals surface area contributed by atoms with Crippen molar-refractivity contribution in [1.29, 1.82) is 0 Å². The van der Waals surface area contributed by atoms with E-state index in [2.05, 4.69) is 22.2 Å². The molecule has 5 nitrogen and oxygen atoms in total. The van der Waals surface area contributed by atoms with E-state index in [0.717, 1.165) is 43.1 Å². The largest absolute Gasteiger partial charge is 0.481 e. The molecular formula is C14H23N3O2S. The van der Waals surface area contributed by atoms with E-state index in [-0.39, 0.29) is 5.92 Å². The number of nitrogens with zero attached hydrogens (tertiary/aromatic N) is 2. The van der Waals surface area contributed by atoms with Gasteiger partial charge in [0.05, 0.1) is 16.6 Å². The number of carbonyl (C=O) groups is 1. The van der Waals surface area contributed by atoms with Gasteiger partial charge in [0.2, 0.25) is 0 Å². The highest BCUT2D eigenvalue weighted by molar-refractivity contribution is 7.09. The minimum absolute atomic E-state index is 0.208. The molecule has 112 valence electrons. The van der Waals surface area contributed by atoms with Crippen molar-refractivity contribution in [2.75, 3.05) is 26.2 Å². The van der Waals surface area contributed by atoms with Crippen LogP contribution in [0.4, 0.5) is 0 Å². The lowest BCUT2D eigenvalue weighted by Crippen LogP contribution is -2.40. The van der Waals surface area contributed by atoms with E-state index >= 15 is 0 Å². The number of hydrogen-bond donors (Lipinski definition) is 2. The average molecular weight is 297 g/mol. The van der Waals surface area contributed by atoms with Crippen molar-refractivity contribution in [3.05, 3.63) is 16.1 Å². The van der Waals surface area contributed by atoms with Crippen LogP contribution in [0.2, 0.25) is 0 Å². The van der Waals surface area contributed by atoms with Crippen LogP contribution in [0.3, 0.4) is 0 Å². The normalized spacial score (nSPS) is 21.8. The van der Waals surface area contributed by atoms with Crippen LogP contribution >= 0.6 is 11.3 Å². The number of likely N-dealkylation sites (tertiary alicyclic amines) is 1. The zero-order valence-corrected chi connectivity index (χ0v) is 12.7. The van der Waals surface area contributed by atoms with E-state index in [9.17, 15) is 4.79 Å². The summed E-state index contributed by atoms with van der Waals surface area (Å²) in [7, 11) is 0. The Kier molecular flexibility index (Phi) is 5.51. The first-order valence-electron chi connectivity index (χ1n) is 7.19. The Morgan fingerprint density at radius 2 is 2.50 bits per heavy atom. The van der Waals surface area contributed by atoms with Gasteiger partial charge in [-0.3, -0.25) is 4.79 Å². The molecule has 0 radical (unpaired) electrons. The van der Waals surface area contributed by atoms with Crippen LogP contribution in [0, 0.1) is 5.92 Å². The SMILES string of the molecule is CC(CN1CCCC(C(=O)O)C1)c1nc(CCN)cs1. The topological polar surface area (TPSA) is 79.5 Å². The molecule has 3 N–H and O–H groups in total. The fraction of sp³-hybridized carbons (Fsp3) is 0.714. The van der Waals surface area contributed by atoms with Gasteiger partial charge >= 0.3 is 5.97 Å². The van der Waals surface area contributed by atoms with Crippen molar-refractivity contribution in [1.82, 2.24) is 9.88 Å². The zero-order valence-electron chi connectivity index (χ0n) is 11.9. The predicted octanol–water partition coefficient (Wildman–Crippen LogP) is 1.54. The van der Waals surface area contributed by atoms with Crippen LogP contribution in [-0.2, 0) is 11.2 Å². The van der Waals surface area contributed by atoms with Gasteiger partial charge in [0.25, 0.3) is 0 Å². The average Bonchev–Trinajstić information content (AvgIpc) is 2.88. The molecule has 1 fully saturated rings. The Morgan fingerprint density at radius 3 is 3.20 bits per heavy atom. The number of nitrogens with two attached hydrogens (primary N) is 1. The maximum Gasteiger partial charge on any atom is 0.307 e. The Labute approximate surface area is 123 Å². The fourth-order valence-corrected chi connectivity index (χ4v) is 3.60. The number of thiazole rings is 1. The smallest absolute Gasteiger partial charge is 0.307 e. The predicted molar refractivity (Wildman–Crippen MR) is 80.1 cm³/mol. The molecule has 0 aliphatic carbocycles. The molecule has 20 heavy (non-hydrogen) atoms. The van der Waals surface area contributed by atoms with E-state index < -0.39 is 5.97 Å². The van der Waals surface area contributed by atoms with Gasteiger partial charge in [-0.15, -0.1) is 11.3 Å². The Balaban J connectivity index is 1.89. The molecule has 0 bridgehead atoms. The van der Waals surface area contributed by atoms with Gasteiger partial charge in [-0.1, -0.05) is 6.92 Å². The lowest BCUT2D eigenvalue weighted by Gasteiger charge is -2.32. The quantitative estimate of drug-likeness (QED) is 0.832. The highest BCUT2D eigenvalue weighted by atomic mass is 32.1. The minimum atomic E-state index is -0.665. The van der Waals surface area contributed by atoms with Crippen molar-refractivity contribution in [2.24, 2.45) is 11.7 Å². The number of hydrogen-bond acceptors (Lipinski definition) is 5. The van der Waals surface area contributed by atoms with E-state index in [1.54, 1.807) is 11.3 Å². The van der Waals surface area contributed by atoms with Gasteiger partial charge in [0.1, 0.15) is 0 Å². The van der Waals surface area contributed by atoms with Gasteiger partial charge in [0, 0.05) is 30.8 Å². The summed E-state index contributed by atoms with van der Waals surface area (Å²) in [5, 5.41) is 12.3. The van der Waals surface area contributed by atoms with Gasteiger partial charge in [-0.2, -0.15) is 0 Å². The molecule has 0 spiro atoms. The fourth-order valence-electron chi connectivity index (χ4n) is 2.70. The van der Waals surface area contributed by atoms with Gasteiger partial charge < -0.3 is 15.7 Å². The summed E-state index contributed by atoms with van der Waals surface area (Å²) in [4.78, 5) is 18.0. The van der Waals surface area contributed by atoms with Gasteiger partial charge in [-0.25, -0.2) is 4.98 Å². The number of rotatable bonds is 6. The molecule has 2 unspecified atom stereocenters. The van der Waals surface area contributed by atoms with Crippen LogP contribution in [0.15, 0.2) is 5.38 Å². The van der Waals surface area contributed by atoms with Crippen LogP contribution in [-0.4, -0.2) is 47.1 Å². The molecule has 1 aromatic heterocycles. The third kappa shape index (κ3) is 4.01. The molecule has 1 aromatic rings. The molecule has 2 rings (SSSR count). The summed E-state index contributed by atoms with van der Waals surface area (Å²) in [5.41, 5.74) is 6.61. The summed E-state index contributed by atoms with van der Waals surface area (Å²) in [5.74, 6) is -0.527. The van der Waals surface area contributed by atoms with Crippen molar-refractivity contribution in [3.63, 3.8) is 0 Å². The zero-order chi connectivity index (χ0) is 14.5. The molecule has 2 atom stereocenters. The van der Waals surface area contributed by atoms with E-state index in [1.807, 2.05) is 0 Å². The molecule has 0 amide bonds. The molecule has 1 aliphatic rings. The van der Waals surface area contributed by atoms with E-state index in [1.165, 1.54) is 0 Å². The second-order valence-corrected chi connectivity index (χ2v) is 6.44. The lowest BCUT2D eigenvalue weighted by molar-refractivity contribution is -0.143. The number of carboxylic acids is 1.